The topological polar surface area (TPSA) is 134 Å². The molecule has 0 atom stereocenters. The minimum Gasteiger partial charge on any atom is -0.353 e. The maximum absolute atomic E-state index is 13.3. The summed E-state index contributed by atoms with van der Waals surface area (Å²) < 4.78 is 4.08. The van der Waals surface area contributed by atoms with Gasteiger partial charge in [-0.05, 0) is 18.9 Å². The van der Waals surface area contributed by atoms with Crippen molar-refractivity contribution in [2.45, 2.75) is 52.7 Å². The Kier molecular flexibility index (Phi) is 7.01. The third-order valence-corrected chi connectivity index (χ3v) is 5.02. The summed E-state index contributed by atoms with van der Waals surface area (Å²) in [4.78, 5) is 55.9. The van der Waals surface area contributed by atoms with Crippen molar-refractivity contribution in [3.8, 4) is 0 Å². The monoisotopic (exact) mass is 428 g/mol. The van der Waals surface area contributed by atoms with Crippen LogP contribution in [0.4, 0.5) is 0 Å². The molecule has 0 saturated heterocycles. The van der Waals surface area contributed by atoms with Crippen LogP contribution in [-0.2, 0) is 29.2 Å². The number of hydrogen-bond acceptors (Lipinski definition) is 6. The molecule has 2 aromatic heterocycles. The average Bonchev–Trinajstić information content (AvgIpc) is 3.11. The molecule has 3 N–H and O–H groups in total. The number of aromatic nitrogens is 4. The first-order chi connectivity index (χ1) is 14.9. The van der Waals surface area contributed by atoms with Crippen LogP contribution in [0.1, 0.15) is 38.9 Å². The van der Waals surface area contributed by atoms with Crippen molar-refractivity contribution in [2.75, 3.05) is 13.1 Å². The number of amides is 1. The van der Waals surface area contributed by atoms with Crippen LogP contribution < -0.4 is 22.3 Å². The number of ketones is 1. The molecule has 0 aliphatic heterocycles. The van der Waals surface area contributed by atoms with E-state index in [2.05, 4.69) is 10.3 Å². The number of Topliss-reactive ketones (excluding diaryl/α,β-unsaturated/α-hetero) is 1. The van der Waals surface area contributed by atoms with Crippen molar-refractivity contribution < 1.29 is 9.59 Å². The predicted molar refractivity (Wildman–Crippen MR) is 118 cm³/mol. The molecule has 0 spiro atoms. The number of fused-ring (bicyclic) bond motifs is 1. The van der Waals surface area contributed by atoms with Crippen LogP contribution >= 0.6 is 0 Å². The van der Waals surface area contributed by atoms with Gasteiger partial charge in [0, 0.05) is 32.6 Å². The van der Waals surface area contributed by atoms with E-state index in [1.54, 1.807) is 18.2 Å². The van der Waals surface area contributed by atoms with E-state index in [1.807, 2.05) is 13.8 Å². The van der Waals surface area contributed by atoms with Crippen LogP contribution in [0.15, 0.2) is 27.8 Å². The van der Waals surface area contributed by atoms with Gasteiger partial charge in [0.2, 0.25) is 5.91 Å². The third-order valence-electron chi connectivity index (χ3n) is 5.02. The van der Waals surface area contributed by atoms with Crippen molar-refractivity contribution in [3.63, 3.8) is 0 Å². The van der Waals surface area contributed by atoms with E-state index in [-0.39, 0.29) is 61.3 Å². The summed E-state index contributed by atoms with van der Waals surface area (Å²) in [5.74, 6) is -0.317. The number of hydrogen-bond donors (Lipinski definition) is 2. The summed E-state index contributed by atoms with van der Waals surface area (Å²) in [5.41, 5.74) is 5.15. The lowest BCUT2D eigenvalue weighted by molar-refractivity contribution is -0.121. The number of imidazole rings is 1. The molecular formula is C21H28N6O4. The maximum atomic E-state index is 13.3. The van der Waals surface area contributed by atoms with E-state index in [1.165, 1.54) is 13.7 Å². The molecule has 0 radical (unpaired) electrons. The molecule has 1 amide bonds. The summed E-state index contributed by atoms with van der Waals surface area (Å²) in [5, 5.41) is 2.68. The van der Waals surface area contributed by atoms with Crippen LogP contribution in [0.2, 0.25) is 0 Å². The number of aryl methyl sites for hydroxylation is 1. The molecule has 0 bridgehead atoms. The lowest BCUT2D eigenvalue weighted by atomic mass is 10.0. The standard InChI is InChI=1S/C21H28N6O4/c1-3-11-25-19-17(20(30)26(12-4-2)21(25)31)27(13-16(29)23-10-9-22)18(24-19)14-7-5-6-8-15(14)28/h5-7H,3-4,8-13,22H2,1-2H3,(H,23,29). The molecule has 1 aliphatic carbocycles. The van der Waals surface area contributed by atoms with E-state index in [9.17, 15) is 19.2 Å². The fourth-order valence-electron chi connectivity index (χ4n) is 3.65. The van der Waals surface area contributed by atoms with E-state index >= 15 is 0 Å². The molecule has 3 rings (SSSR count). The summed E-state index contributed by atoms with van der Waals surface area (Å²) in [7, 11) is 0. The van der Waals surface area contributed by atoms with Gasteiger partial charge in [0.15, 0.2) is 16.9 Å². The van der Waals surface area contributed by atoms with E-state index in [0.29, 0.717) is 25.0 Å². The van der Waals surface area contributed by atoms with Gasteiger partial charge in [-0.1, -0.05) is 26.0 Å². The van der Waals surface area contributed by atoms with Crippen molar-refractivity contribution in [3.05, 3.63) is 44.9 Å². The fraction of sp³-hybridized carbons (Fsp3) is 0.476. The minimum absolute atomic E-state index is 0.141. The summed E-state index contributed by atoms with van der Waals surface area (Å²) >= 11 is 0. The zero-order valence-corrected chi connectivity index (χ0v) is 17.9. The number of nitrogens with one attached hydrogen (secondary N) is 1. The van der Waals surface area contributed by atoms with Crippen LogP contribution in [0.25, 0.3) is 16.7 Å². The van der Waals surface area contributed by atoms with Gasteiger partial charge in [0.05, 0.1) is 5.57 Å². The second kappa shape index (κ2) is 9.69. The summed E-state index contributed by atoms with van der Waals surface area (Å²) in [6.45, 7) is 4.75. The molecule has 10 heteroatoms. The van der Waals surface area contributed by atoms with Crippen LogP contribution in [0.5, 0.6) is 0 Å². The van der Waals surface area contributed by atoms with Gasteiger partial charge in [0.25, 0.3) is 5.56 Å². The third kappa shape index (κ3) is 4.29. The Bertz CT molecular complexity index is 1180. The van der Waals surface area contributed by atoms with Crippen molar-refractivity contribution in [1.29, 1.82) is 0 Å². The number of carbonyl (C=O) groups excluding carboxylic acids is 2. The largest absolute Gasteiger partial charge is 0.353 e. The zero-order valence-electron chi connectivity index (χ0n) is 17.9. The van der Waals surface area contributed by atoms with Crippen LogP contribution in [-0.4, -0.2) is 43.5 Å². The van der Waals surface area contributed by atoms with Gasteiger partial charge in [-0.2, -0.15) is 0 Å². The predicted octanol–water partition coefficient (Wildman–Crippen LogP) is 0.167. The molecule has 1 aliphatic rings. The van der Waals surface area contributed by atoms with Crippen molar-refractivity contribution >= 4 is 28.4 Å². The highest BCUT2D eigenvalue weighted by Crippen LogP contribution is 2.23. The first kappa shape index (κ1) is 22.4. The Morgan fingerprint density at radius 3 is 2.48 bits per heavy atom. The van der Waals surface area contributed by atoms with Gasteiger partial charge in [-0.15, -0.1) is 0 Å². The Morgan fingerprint density at radius 2 is 1.84 bits per heavy atom. The number of rotatable bonds is 9. The lowest BCUT2D eigenvalue weighted by Gasteiger charge is -2.13. The van der Waals surface area contributed by atoms with Crippen molar-refractivity contribution in [2.24, 2.45) is 5.73 Å². The number of nitrogens with zero attached hydrogens (tertiary/aromatic N) is 4. The normalized spacial score (nSPS) is 13.6. The Hall–Kier alpha value is -3.27. The van der Waals surface area contributed by atoms with Gasteiger partial charge in [-0.3, -0.25) is 23.5 Å². The van der Waals surface area contributed by atoms with Crippen LogP contribution in [0.3, 0.4) is 0 Å². The van der Waals surface area contributed by atoms with E-state index < -0.39 is 11.2 Å². The molecule has 31 heavy (non-hydrogen) atoms. The number of carbonyl (C=O) groups is 2. The van der Waals surface area contributed by atoms with E-state index in [0.717, 1.165) is 0 Å². The Morgan fingerprint density at radius 1 is 1.13 bits per heavy atom. The number of allylic oxidation sites excluding steroid dienone is 4. The van der Waals surface area contributed by atoms with Gasteiger partial charge < -0.3 is 15.6 Å². The minimum atomic E-state index is -0.515. The second-order valence-corrected chi connectivity index (χ2v) is 7.36. The average molecular weight is 428 g/mol. The first-order valence-electron chi connectivity index (χ1n) is 10.6. The Balaban J connectivity index is 2.35. The van der Waals surface area contributed by atoms with Gasteiger partial charge >= 0.3 is 5.69 Å². The second-order valence-electron chi connectivity index (χ2n) is 7.36. The summed E-state index contributed by atoms with van der Waals surface area (Å²) in [6, 6.07) is 0. The van der Waals surface area contributed by atoms with Gasteiger partial charge in [-0.25, -0.2) is 9.78 Å². The maximum Gasteiger partial charge on any atom is 0.332 e. The highest BCUT2D eigenvalue weighted by molar-refractivity contribution is 6.21. The molecule has 10 nitrogen and oxygen atoms in total. The highest BCUT2D eigenvalue weighted by Gasteiger charge is 2.26. The molecule has 0 saturated carbocycles. The van der Waals surface area contributed by atoms with E-state index in [4.69, 9.17) is 5.73 Å². The zero-order chi connectivity index (χ0) is 22.5. The molecule has 0 unspecified atom stereocenters. The molecular weight excluding hydrogens is 400 g/mol. The van der Waals surface area contributed by atoms with Crippen molar-refractivity contribution in [1.82, 2.24) is 24.0 Å². The first-order valence-corrected chi connectivity index (χ1v) is 10.6. The van der Waals surface area contributed by atoms with Gasteiger partial charge in [0.1, 0.15) is 12.4 Å². The quantitative estimate of drug-likeness (QED) is 0.585. The molecule has 0 fully saturated rings. The SMILES string of the molecule is CCCn1c(=O)c2c(nc(C3=CC=CCC3=O)n2CC(=O)NCCN)n(CCC)c1=O. The molecule has 2 heterocycles. The Labute approximate surface area is 179 Å². The molecule has 0 aromatic carbocycles. The molecule has 2 aromatic rings. The lowest BCUT2D eigenvalue weighted by Crippen LogP contribution is -2.41. The summed E-state index contributed by atoms with van der Waals surface area (Å²) in [6.07, 6.45) is 6.55. The molecule has 166 valence electrons. The van der Waals surface area contributed by atoms with Crippen LogP contribution in [0, 0.1) is 0 Å². The number of nitrogens with two attached hydrogens (primary N) is 1. The fourth-order valence-corrected chi connectivity index (χ4v) is 3.65. The highest BCUT2D eigenvalue weighted by atomic mass is 16.2. The smallest absolute Gasteiger partial charge is 0.332 e.